The van der Waals surface area contributed by atoms with Crippen molar-refractivity contribution in [3.8, 4) is 0 Å². The lowest BCUT2D eigenvalue weighted by Gasteiger charge is -2.43. The summed E-state index contributed by atoms with van der Waals surface area (Å²) in [5.41, 5.74) is 1.02. The van der Waals surface area contributed by atoms with E-state index in [9.17, 15) is 4.57 Å². The van der Waals surface area contributed by atoms with Crippen LogP contribution in [0.15, 0.2) is 91.0 Å². The molecule has 0 aliphatic carbocycles. The molecular formula is C30H33O7P. The van der Waals surface area contributed by atoms with Crippen molar-refractivity contribution in [3.05, 3.63) is 96.6 Å². The van der Waals surface area contributed by atoms with Gasteiger partial charge in [-0.2, -0.15) is 0 Å². The van der Waals surface area contributed by atoms with Crippen molar-refractivity contribution in [2.24, 2.45) is 0 Å². The third kappa shape index (κ3) is 5.01. The van der Waals surface area contributed by atoms with Gasteiger partial charge in [0.15, 0.2) is 12.1 Å². The maximum Gasteiger partial charge on any atom is 0.224 e. The second-order valence-electron chi connectivity index (χ2n) is 10.4. The summed E-state index contributed by atoms with van der Waals surface area (Å²) in [7, 11) is -3.05. The van der Waals surface area contributed by atoms with Crippen LogP contribution in [-0.2, 0) is 39.6 Å². The fourth-order valence-electron chi connectivity index (χ4n) is 5.46. The van der Waals surface area contributed by atoms with E-state index in [1.807, 2.05) is 105 Å². The Morgan fingerprint density at radius 2 is 1.45 bits per heavy atom. The summed E-state index contributed by atoms with van der Waals surface area (Å²) in [6, 6.07) is 29.0. The zero-order valence-corrected chi connectivity index (χ0v) is 22.5. The minimum Gasteiger partial charge on any atom is -0.365 e. The maximum atomic E-state index is 14.6. The van der Waals surface area contributed by atoms with Crippen LogP contribution in [0.4, 0.5) is 0 Å². The van der Waals surface area contributed by atoms with E-state index in [2.05, 4.69) is 0 Å². The van der Waals surface area contributed by atoms with Gasteiger partial charge in [-0.25, -0.2) is 0 Å². The minimum atomic E-state index is -3.05. The van der Waals surface area contributed by atoms with Crippen LogP contribution in [0, 0.1) is 0 Å². The largest absolute Gasteiger partial charge is 0.365 e. The molecule has 0 saturated carbocycles. The first-order chi connectivity index (χ1) is 18.4. The molecule has 7 nitrogen and oxygen atoms in total. The molecule has 3 heterocycles. The van der Waals surface area contributed by atoms with E-state index in [1.54, 1.807) is 0 Å². The number of fused-ring (bicyclic) bond motifs is 1. The Kier molecular flexibility index (Phi) is 7.04. The monoisotopic (exact) mass is 536 g/mol. The fourth-order valence-corrected chi connectivity index (χ4v) is 8.08. The van der Waals surface area contributed by atoms with Gasteiger partial charge in [0, 0.05) is 10.6 Å². The van der Waals surface area contributed by atoms with Gasteiger partial charge in [0.25, 0.3) is 0 Å². The van der Waals surface area contributed by atoms with Crippen LogP contribution in [0.25, 0.3) is 0 Å². The highest BCUT2D eigenvalue weighted by atomic mass is 31.2. The summed E-state index contributed by atoms with van der Waals surface area (Å²) >= 11 is 0. The Balaban J connectivity index is 1.27. The lowest BCUT2D eigenvalue weighted by atomic mass is 9.97. The number of rotatable bonds is 7. The molecule has 3 aromatic rings. The van der Waals surface area contributed by atoms with Crippen molar-refractivity contribution in [2.45, 2.75) is 56.6 Å². The molecule has 1 spiro atoms. The van der Waals surface area contributed by atoms with E-state index in [-0.39, 0.29) is 19.4 Å². The molecule has 3 aliphatic rings. The van der Waals surface area contributed by atoms with Gasteiger partial charge >= 0.3 is 0 Å². The predicted octanol–water partition coefficient (Wildman–Crippen LogP) is 4.21. The first-order valence-corrected chi connectivity index (χ1v) is 14.9. The highest BCUT2D eigenvalue weighted by molar-refractivity contribution is 7.78. The van der Waals surface area contributed by atoms with E-state index in [1.165, 1.54) is 0 Å². The Labute approximate surface area is 223 Å². The summed E-state index contributed by atoms with van der Waals surface area (Å²) < 4.78 is 52.5. The molecule has 6 rings (SSSR count). The Morgan fingerprint density at radius 1 is 0.842 bits per heavy atom. The van der Waals surface area contributed by atoms with Crippen LogP contribution in [-0.4, -0.2) is 55.6 Å². The van der Waals surface area contributed by atoms with Crippen LogP contribution in [0.2, 0.25) is 0 Å². The van der Waals surface area contributed by atoms with Crippen LogP contribution < -0.4 is 10.6 Å². The molecule has 200 valence electrons. The van der Waals surface area contributed by atoms with E-state index in [0.717, 1.165) is 16.2 Å². The second-order valence-corrected chi connectivity index (χ2v) is 13.3. The van der Waals surface area contributed by atoms with Gasteiger partial charge in [-0.1, -0.05) is 91.0 Å². The number of benzene rings is 3. The lowest BCUT2D eigenvalue weighted by Crippen LogP contribution is -2.62. The van der Waals surface area contributed by atoms with Gasteiger partial charge < -0.3 is 33.0 Å². The van der Waals surface area contributed by atoms with E-state index in [0.29, 0.717) is 6.61 Å². The molecule has 0 aromatic heterocycles. The van der Waals surface area contributed by atoms with E-state index in [4.69, 9.17) is 28.4 Å². The van der Waals surface area contributed by atoms with E-state index < -0.39 is 43.3 Å². The molecule has 0 unspecified atom stereocenters. The van der Waals surface area contributed by atoms with Crippen LogP contribution in [0.5, 0.6) is 0 Å². The van der Waals surface area contributed by atoms with Crippen LogP contribution >= 0.6 is 7.14 Å². The first-order valence-electron chi connectivity index (χ1n) is 13.0. The summed E-state index contributed by atoms with van der Waals surface area (Å²) in [5, 5.41) is 1.54. The molecule has 5 atom stereocenters. The third-order valence-electron chi connectivity index (χ3n) is 7.29. The topological polar surface area (TPSA) is 72.5 Å². The third-order valence-corrected chi connectivity index (χ3v) is 10.4. The summed E-state index contributed by atoms with van der Waals surface area (Å²) in [6.45, 7) is 4.53. The molecular weight excluding hydrogens is 503 g/mol. The van der Waals surface area contributed by atoms with Crippen molar-refractivity contribution < 1.29 is 33.0 Å². The van der Waals surface area contributed by atoms with Crippen molar-refractivity contribution in [1.82, 2.24) is 0 Å². The highest BCUT2D eigenvalue weighted by Gasteiger charge is 2.62. The van der Waals surface area contributed by atoms with Gasteiger partial charge in [0.1, 0.15) is 32.1 Å². The van der Waals surface area contributed by atoms with Gasteiger partial charge in [0.05, 0.1) is 19.4 Å². The van der Waals surface area contributed by atoms with Gasteiger partial charge in [0.2, 0.25) is 5.79 Å². The molecule has 0 bridgehead atoms. The van der Waals surface area contributed by atoms with Crippen LogP contribution in [0.1, 0.15) is 19.4 Å². The predicted molar refractivity (Wildman–Crippen MR) is 143 cm³/mol. The SMILES string of the molecule is CC1(C)OC[C@]2(OC[C@H]3O[C@@H](CP(=O)(c4ccccc4)c4ccccc4)O[C@H]3[C@@H]2OCc2ccccc2)O1. The molecule has 8 heteroatoms. The van der Waals surface area contributed by atoms with Crippen LogP contribution in [0.3, 0.4) is 0 Å². The summed E-state index contributed by atoms with van der Waals surface area (Å²) in [5.74, 6) is -1.95. The Hall–Kier alpha value is -2.35. The number of ether oxygens (including phenoxy) is 6. The van der Waals surface area contributed by atoms with Crippen molar-refractivity contribution in [3.63, 3.8) is 0 Å². The van der Waals surface area contributed by atoms with Gasteiger partial charge in [-0.15, -0.1) is 0 Å². The van der Waals surface area contributed by atoms with Crippen molar-refractivity contribution >= 4 is 17.8 Å². The number of hydrogen-bond acceptors (Lipinski definition) is 7. The average Bonchev–Trinajstić information content (AvgIpc) is 3.49. The quantitative estimate of drug-likeness (QED) is 0.419. The first kappa shape index (κ1) is 25.9. The Morgan fingerprint density at radius 3 is 2.03 bits per heavy atom. The average molecular weight is 537 g/mol. The molecule has 38 heavy (non-hydrogen) atoms. The normalized spacial score (nSPS) is 30.4. The number of hydrogen-bond donors (Lipinski definition) is 0. The minimum absolute atomic E-state index is 0.204. The second kappa shape index (κ2) is 10.3. The fraction of sp³-hybridized carbons (Fsp3) is 0.400. The molecule has 3 saturated heterocycles. The maximum absolute atomic E-state index is 14.6. The molecule has 3 aliphatic heterocycles. The lowest BCUT2D eigenvalue weighted by molar-refractivity contribution is -0.335. The standard InChI is InChI=1S/C30H33O7P/c1-29(2)34-21-30(37-29)28(32-18-22-12-6-3-7-13-22)27-25(19-33-30)35-26(36-27)20-38(31,23-14-8-4-9-15-23)24-16-10-5-11-17-24/h3-17,25-28H,18-21H2,1-2H3/t25-,26-,27-,28+,30+/m1/s1. The van der Waals surface area contributed by atoms with Gasteiger partial charge in [-0.05, 0) is 19.4 Å². The summed E-state index contributed by atoms with van der Waals surface area (Å²) in [4.78, 5) is 0. The summed E-state index contributed by atoms with van der Waals surface area (Å²) in [6.07, 6.45) is -1.97. The smallest absolute Gasteiger partial charge is 0.224 e. The van der Waals surface area contributed by atoms with Gasteiger partial charge in [-0.3, -0.25) is 0 Å². The highest BCUT2D eigenvalue weighted by Crippen LogP contribution is 2.48. The van der Waals surface area contributed by atoms with Crippen molar-refractivity contribution in [2.75, 3.05) is 19.4 Å². The molecule has 0 amide bonds. The zero-order chi connectivity index (χ0) is 26.2. The molecule has 0 radical (unpaired) electrons. The zero-order valence-electron chi connectivity index (χ0n) is 21.6. The van der Waals surface area contributed by atoms with E-state index >= 15 is 0 Å². The molecule has 3 aromatic carbocycles. The van der Waals surface area contributed by atoms with Crippen molar-refractivity contribution in [1.29, 1.82) is 0 Å². The molecule has 3 fully saturated rings. The molecule has 0 N–H and O–H groups in total. The Bertz CT molecular complexity index is 1230.